The van der Waals surface area contributed by atoms with E-state index >= 15 is 0 Å². The van der Waals surface area contributed by atoms with Crippen LogP contribution in [0.5, 0.6) is 11.6 Å². The van der Waals surface area contributed by atoms with Gasteiger partial charge in [-0.2, -0.15) is 0 Å². The molecule has 4 aromatic rings. The van der Waals surface area contributed by atoms with E-state index in [1.165, 1.54) is 0 Å². The van der Waals surface area contributed by atoms with Crippen LogP contribution in [0.1, 0.15) is 30.4 Å². The molecule has 2 aromatic carbocycles. The van der Waals surface area contributed by atoms with Gasteiger partial charge in [0.05, 0.1) is 29.4 Å². The summed E-state index contributed by atoms with van der Waals surface area (Å²) < 4.78 is 12.3. The average molecular weight is 509 g/mol. The van der Waals surface area contributed by atoms with Crippen LogP contribution in [0.4, 0.5) is 5.69 Å². The Morgan fingerprint density at radius 2 is 1.79 bits per heavy atom. The molecule has 1 saturated carbocycles. The number of carbonyl (C=O) groups is 1. The lowest BCUT2D eigenvalue weighted by Gasteiger charge is -2.15. The van der Waals surface area contributed by atoms with Crippen molar-refractivity contribution in [2.45, 2.75) is 31.3 Å². The molecule has 0 N–H and O–H groups in total. The largest absolute Gasteiger partial charge is 0.483 e. The third-order valence-electron chi connectivity index (χ3n) is 7.53. The first-order chi connectivity index (χ1) is 18.5. The lowest BCUT2D eigenvalue weighted by Crippen LogP contribution is -2.28. The zero-order valence-electron chi connectivity index (χ0n) is 22.1. The van der Waals surface area contributed by atoms with E-state index in [0.29, 0.717) is 24.8 Å². The molecule has 2 aromatic heterocycles. The zero-order valence-corrected chi connectivity index (χ0v) is 22.1. The van der Waals surface area contributed by atoms with E-state index in [2.05, 4.69) is 41.1 Å². The molecular weight excluding hydrogens is 476 g/mol. The number of anilines is 1. The van der Waals surface area contributed by atoms with Gasteiger partial charge < -0.3 is 19.3 Å². The van der Waals surface area contributed by atoms with Gasteiger partial charge in [0.25, 0.3) is 5.88 Å². The number of nitrogens with zero attached hydrogens (tertiary/aromatic N) is 4. The van der Waals surface area contributed by atoms with Crippen LogP contribution in [0.25, 0.3) is 22.0 Å². The predicted octanol–water partition coefficient (Wildman–Crippen LogP) is 5.21. The summed E-state index contributed by atoms with van der Waals surface area (Å²) in [5.74, 6) is 1.29. The van der Waals surface area contributed by atoms with Crippen molar-refractivity contribution >= 4 is 22.5 Å². The van der Waals surface area contributed by atoms with Gasteiger partial charge in [-0.3, -0.25) is 9.78 Å². The molecule has 7 nitrogen and oxygen atoms in total. The smallest absolute Gasteiger partial charge is 0.257 e. The number of pyridine rings is 2. The van der Waals surface area contributed by atoms with Crippen LogP contribution in [0.3, 0.4) is 0 Å². The van der Waals surface area contributed by atoms with Gasteiger partial charge in [0.15, 0.2) is 5.75 Å². The summed E-state index contributed by atoms with van der Waals surface area (Å²) in [6.07, 6.45) is 6.35. The summed E-state index contributed by atoms with van der Waals surface area (Å²) in [5, 5.41) is 1.03. The van der Waals surface area contributed by atoms with E-state index in [1.807, 2.05) is 61.9 Å². The van der Waals surface area contributed by atoms with Gasteiger partial charge >= 0.3 is 0 Å². The summed E-state index contributed by atoms with van der Waals surface area (Å²) in [6.45, 7) is 1.92. The lowest BCUT2D eigenvalue weighted by atomic mass is 9.92. The third kappa shape index (κ3) is 4.37. The molecule has 38 heavy (non-hydrogen) atoms. The molecule has 1 amide bonds. The van der Waals surface area contributed by atoms with Gasteiger partial charge in [-0.25, -0.2) is 4.98 Å². The topological polar surface area (TPSA) is 67.8 Å². The van der Waals surface area contributed by atoms with Gasteiger partial charge in [0, 0.05) is 36.3 Å². The standard InChI is InChI=1S/C31H32N4O3/c1-34(2)14-7-15-37-29-27(38-20-21-8-5-4-6-9-21)17-23(18-33-29)22-10-11-25-24(16-22)28-26(19-32-25)35(3)30(36)31(28)12-13-31/h4-6,8-11,16-19H,7,12-15,20H2,1-3H3. The monoisotopic (exact) mass is 508 g/mol. The summed E-state index contributed by atoms with van der Waals surface area (Å²) in [6, 6.07) is 18.3. The van der Waals surface area contributed by atoms with Gasteiger partial charge in [-0.1, -0.05) is 36.4 Å². The Hall–Kier alpha value is -3.97. The normalized spacial score (nSPS) is 15.4. The van der Waals surface area contributed by atoms with E-state index in [4.69, 9.17) is 9.47 Å². The molecule has 0 saturated heterocycles. The number of fused-ring (bicyclic) bond motifs is 4. The van der Waals surface area contributed by atoms with Gasteiger partial charge in [-0.15, -0.1) is 0 Å². The van der Waals surface area contributed by atoms with Crippen molar-refractivity contribution in [1.29, 1.82) is 0 Å². The predicted molar refractivity (Wildman–Crippen MR) is 149 cm³/mol. The van der Waals surface area contributed by atoms with Gasteiger partial charge in [0.2, 0.25) is 5.91 Å². The minimum Gasteiger partial charge on any atom is -0.483 e. The molecule has 0 bridgehead atoms. The zero-order chi connectivity index (χ0) is 26.3. The van der Waals surface area contributed by atoms with Crippen LogP contribution in [0.15, 0.2) is 67.0 Å². The fourth-order valence-electron chi connectivity index (χ4n) is 5.33. The number of hydrogen-bond acceptors (Lipinski definition) is 6. The van der Waals surface area contributed by atoms with Crippen molar-refractivity contribution in [3.8, 4) is 22.8 Å². The first kappa shape index (κ1) is 24.4. The quantitative estimate of drug-likeness (QED) is 0.289. The van der Waals surface area contributed by atoms with E-state index in [-0.39, 0.29) is 11.3 Å². The Balaban J connectivity index is 1.35. The number of aromatic nitrogens is 2. The molecule has 7 heteroatoms. The molecule has 1 spiro atoms. The molecule has 1 aliphatic heterocycles. The fraction of sp³-hybridized carbons (Fsp3) is 0.323. The Bertz CT molecular complexity index is 1500. The van der Waals surface area contributed by atoms with Crippen molar-refractivity contribution in [3.63, 3.8) is 0 Å². The van der Waals surface area contributed by atoms with Crippen LogP contribution in [-0.2, 0) is 16.8 Å². The second kappa shape index (κ2) is 9.72. The van der Waals surface area contributed by atoms with E-state index in [0.717, 1.165) is 64.7 Å². The van der Waals surface area contributed by atoms with Crippen LogP contribution in [-0.4, -0.2) is 55.1 Å². The number of benzene rings is 2. The first-order valence-corrected chi connectivity index (χ1v) is 13.1. The Morgan fingerprint density at radius 3 is 2.55 bits per heavy atom. The number of likely N-dealkylation sites (N-methyl/N-ethyl adjacent to an activating group) is 1. The van der Waals surface area contributed by atoms with Crippen LogP contribution >= 0.6 is 0 Å². The summed E-state index contributed by atoms with van der Waals surface area (Å²) >= 11 is 0. The van der Waals surface area contributed by atoms with Gasteiger partial charge in [0.1, 0.15) is 6.61 Å². The lowest BCUT2D eigenvalue weighted by molar-refractivity contribution is -0.119. The van der Waals surface area contributed by atoms with Crippen molar-refractivity contribution in [2.75, 3.05) is 39.2 Å². The molecule has 6 rings (SSSR count). The van der Waals surface area contributed by atoms with E-state index in [9.17, 15) is 4.79 Å². The summed E-state index contributed by atoms with van der Waals surface area (Å²) in [5.41, 5.74) is 5.56. The van der Waals surface area contributed by atoms with Crippen LogP contribution in [0, 0.1) is 0 Å². The van der Waals surface area contributed by atoms with Gasteiger partial charge in [-0.05, 0) is 62.7 Å². The second-order valence-electron chi connectivity index (χ2n) is 10.5. The highest BCUT2D eigenvalue weighted by Gasteiger charge is 2.59. The Kier molecular flexibility index (Phi) is 6.24. The average Bonchev–Trinajstić information content (AvgIpc) is 3.71. The number of rotatable bonds is 9. The summed E-state index contributed by atoms with van der Waals surface area (Å²) in [4.78, 5) is 26.2. The SMILES string of the molecule is CN(C)CCCOc1ncc(-c2ccc3ncc4c(c3c2)C2(CC2)C(=O)N4C)cc1OCc1ccccc1. The van der Waals surface area contributed by atoms with Crippen molar-refractivity contribution in [3.05, 3.63) is 78.1 Å². The number of hydrogen-bond donors (Lipinski definition) is 0. The molecule has 0 radical (unpaired) electrons. The highest BCUT2D eigenvalue weighted by molar-refractivity contribution is 6.14. The van der Waals surface area contributed by atoms with E-state index in [1.54, 1.807) is 4.90 Å². The van der Waals surface area contributed by atoms with Crippen LogP contribution in [0.2, 0.25) is 0 Å². The second-order valence-corrected chi connectivity index (χ2v) is 10.5. The first-order valence-electron chi connectivity index (χ1n) is 13.1. The highest BCUT2D eigenvalue weighted by Crippen LogP contribution is 2.58. The Morgan fingerprint density at radius 1 is 0.974 bits per heavy atom. The van der Waals surface area contributed by atoms with Crippen LogP contribution < -0.4 is 14.4 Å². The maximum atomic E-state index is 13.0. The minimum atomic E-state index is -0.379. The molecule has 0 atom stereocenters. The molecule has 2 aliphatic rings. The van der Waals surface area contributed by atoms with Crippen molar-refractivity contribution in [2.24, 2.45) is 0 Å². The molecular formula is C31H32N4O3. The number of amides is 1. The molecule has 1 fully saturated rings. The molecule has 194 valence electrons. The maximum absolute atomic E-state index is 13.0. The fourth-order valence-corrected chi connectivity index (χ4v) is 5.33. The number of carbonyl (C=O) groups excluding carboxylic acids is 1. The van der Waals surface area contributed by atoms with Crippen molar-refractivity contribution < 1.29 is 14.3 Å². The number of ether oxygens (including phenoxy) is 2. The Labute approximate surface area is 223 Å². The molecule has 0 unspecified atom stereocenters. The molecule has 1 aliphatic carbocycles. The van der Waals surface area contributed by atoms with E-state index < -0.39 is 0 Å². The third-order valence-corrected chi connectivity index (χ3v) is 7.53. The highest BCUT2D eigenvalue weighted by atomic mass is 16.5. The molecule has 3 heterocycles. The maximum Gasteiger partial charge on any atom is 0.257 e. The minimum absolute atomic E-state index is 0.182. The summed E-state index contributed by atoms with van der Waals surface area (Å²) in [7, 11) is 5.95. The van der Waals surface area contributed by atoms with Crippen molar-refractivity contribution in [1.82, 2.24) is 14.9 Å².